The van der Waals surface area contributed by atoms with Crippen molar-refractivity contribution in [2.45, 2.75) is 26.8 Å². The van der Waals surface area contributed by atoms with Crippen LogP contribution in [0.2, 0.25) is 0 Å². The highest BCUT2D eigenvalue weighted by atomic mass is 32.1. The van der Waals surface area contributed by atoms with E-state index in [-0.39, 0.29) is 6.04 Å². The van der Waals surface area contributed by atoms with Gasteiger partial charge in [0.05, 0.1) is 18.0 Å². The third-order valence-electron chi connectivity index (χ3n) is 2.94. The number of hydrogen-bond donors (Lipinski definition) is 1. The molecule has 0 saturated heterocycles. The second-order valence-electron chi connectivity index (χ2n) is 4.21. The Labute approximate surface area is 117 Å². The van der Waals surface area contributed by atoms with Crippen molar-refractivity contribution in [2.24, 2.45) is 0 Å². The van der Waals surface area contributed by atoms with Gasteiger partial charge < -0.3 is 10.1 Å². The number of methoxy groups -OCH3 is 1. The van der Waals surface area contributed by atoms with Crippen molar-refractivity contribution < 1.29 is 4.74 Å². The Hall–Kier alpha value is -0.840. The molecule has 18 heavy (non-hydrogen) atoms. The summed E-state index contributed by atoms with van der Waals surface area (Å²) >= 11 is 3.61. The van der Waals surface area contributed by atoms with Crippen LogP contribution < -0.4 is 10.1 Å². The van der Waals surface area contributed by atoms with E-state index in [9.17, 15) is 0 Å². The third-order valence-corrected chi connectivity index (χ3v) is 4.88. The average molecular weight is 281 g/mol. The SMILES string of the molecule is CCNC(c1cc(C)sc1C)c1sccc1OC. The second-order valence-corrected chi connectivity index (χ2v) is 6.62. The Kier molecular flexibility index (Phi) is 4.43. The Morgan fingerprint density at radius 3 is 2.72 bits per heavy atom. The smallest absolute Gasteiger partial charge is 0.134 e. The van der Waals surface area contributed by atoms with E-state index in [1.165, 1.54) is 20.2 Å². The summed E-state index contributed by atoms with van der Waals surface area (Å²) in [6, 6.07) is 4.57. The molecule has 0 amide bonds. The van der Waals surface area contributed by atoms with E-state index in [1.54, 1.807) is 18.4 Å². The van der Waals surface area contributed by atoms with Crippen LogP contribution >= 0.6 is 22.7 Å². The van der Waals surface area contributed by atoms with Crippen molar-refractivity contribution in [3.63, 3.8) is 0 Å². The van der Waals surface area contributed by atoms with E-state index >= 15 is 0 Å². The molecule has 0 spiro atoms. The molecule has 2 nitrogen and oxygen atoms in total. The molecule has 2 rings (SSSR count). The fraction of sp³-hybridized carbons (Fsp3) is 0.429. The van der Waals surface area contributed by atoms with Gasteiger partial charge in [-0.05, 0) is 43.5 Å². The molecule has 1 unspecified atom stereocenters. The molecule has 0 saturated carbocycles. The van der Waals surface area contributed by atoms with Crippen molar-refractivity contribution in [2.75, 3.05) is 13.7 Å². The van der Waals surface area contributed by atoms with E-state index in [1.807, 2.05) is 17.4 Å². The molecular formula is C14H19NOS2. The molecule has 4 heteroatoms. The van der Waals surface area contributed by atoms with Gasteiger partial charge in [0.15, 0.2) is 0 Å². The summed E-state index contributed by atoms with van der Waals surface area (Å²) in [6.45, 7) is 7.44. The molecule has 2 aromatic heterocycles. The largest absolute Gasteiger partial charge is 0.496 e. The van der Waals surface area contributed by atoms with Crippen LogP contribution in [0.15, 0.2) is 17.5 Å². The van der Waals surface area contributed by atoms with Gasteiger partial charge >= 0.3 is 0 Å². The van der Waals surface area contributed by atoms with E-state index in [4.69, 9.17) is 4.74 Å². The molecule has 1 atom stereocenters. The maximum absolute atomic E-state index is 5.45. The van der Waals surface area contributed by atoms with Crippen molar-refractivity contribution in [1.29, 1.82) is 0 Å². The summed E-state index contributed by atoms with van der Waals surface area (Å²) in [7, 11) is 1.74. The Morgan fingerprint density at radius 2 is 2.17 bits per heavy atom. The maximum atomic E-state index is 5.45. The summed E-state index contributed by atoms with van der Waals surface area (Å²) in [5.74, 6) is 0.981. The lowest BCUT2D eigenvalue weighted by molar-refractivity contribution is 0.408. The predicted molar refractivity (Wildman–Crippen MR) is 80.2 cm³/mol. The number of rotatable bonds is 5. The van der Waals surface area contributed by atoms with Crippen molar-refractivity contribution in [3.05, 3.63) is 37.7 Å². The molecular weight excluding hydrogens is 262 g/mol. The molecule has 0 aliphatic heterocycles. The lowest BCUT2D eigenvalue weighted by atomic mass is 10.1. The summed E-state index contributed by atoms with van der Waals surface area (Å²) in [4.78, 5) is 4.01. The first kappa shape index (κ1) is 13.6. The standard InChI is InChI=1S/C14H19NOS2/c1-5-15-13(11-8-9(2)18-10(11)3)14-12(16-4)6-7-17-14/h6-8,13,15H,5H2,1-4H3. The molecule has 0 bridgehead atoms. The van der Waals surface area contributed by atoms with Gasteiger partial charge in [0.1, 0.15) is 5.75 Å². The van der Waals surface area contributed by atoms with Crippen molar-refractivity contribution in [3.8, 4) is 5.75 Å². The van der Waals surface area contributed by atoms with Gasteiger partial charge in [-0.2, -0.15) is 0 Å². The predicted octanol–water partition coefficient (Wildman–Crippen LogP) is 4.13. The molecule has 0 aromatic carbocycles. The van der Waals surface area contributed by atoms with Gasteiger partial charge in [0, 0.05) is 9.75 Å². The number of ether oxygens (including phenoxy) is 1. The van der Waals surface area contributed by atoms with Gasteiger partial charge in [-0.1, -0.05) is 6.92 Å². The molecule has 98 valence electrons. The topological polar surface area (TPSA) is 21.3 Å². The minimum absolute atomic E-state index is 0.245. The highest BCUT2D eigenvalue weighted by Crippen LogP contribution is 2.38. The van der Waals surface area contributed by atoms with E-state index in [0.717, 1.165) is 12.3 Å². The molecule has 2 heterocycles. The van der Waals surface area contributed by atoms with Crippen LogP contribution in [-0.2, 0) is 0 Å². The summed E-state index contributed by atoms with van der Waals surface area (Å²) < 4.78 is 5.45. The zero-order chi connectivity index (χ0) is 13.1. The Morgan fingerprint density at radius 1 is 1.39 bits per heavy atom. The minimum atomic E-state index is 0.245. The van der Waals surface area contributed by atoms with E-state index in [0.29, 0.717) is 0 Å². The molecule has 0 radical (unpaired) electrons. The third kappa shape index (κ3) is 2.60. The second kappa shape index (κ2) is 5.87. The summed E-state index contributed by atoms with van der Waals surface area (Å²) in [5, 5.41) is 5.66. The molecule has 0 aliphatic carbocycles. The molecule has 0 fully saturated rings. The van der Waals surface area contributed by atoms with Gasteiger partial charge in [0.2, 0.25) is 0 Å². The van der Waals surface area contributed by atoms with Crippen molar-refractivity contribution >= 4 is 22.7 Å². The number of thiophene rings is 2. The first-order valence-corrected chi connectivity index (χ1v) is 7.78. The van der Waals surface area contributed by atoms with Crippen LogP contribution in [-0.4, -0.2) is 13.7 Å². The quantitative estimate of drug-likeness (QED) is 0.889. The zero-order valence-electron chi connectivity index (χ0n) is 11.2. The van der Waals surface area contributed by atoms with Crippen LogP contribution in [0.5, 0.6) is 5.75 Å². The maximum Gasteiger partial charge on any atom is 0.134 e. The fourth-order valence-corrected chi connectivity index (χ4v) is 4.09. The Balaban J connectivity index is 2.42. The highest BCUT2D eigenvalue weighted by molar-refractivity contribution is 7.12. The fourth-order valence-electron chi connectivity index (χ4n) is 2.17. The number of hydrogen-bond acceptors (Lipinski definition) is 4. The van der Waals surface area contributed by atoms with E-state index < -0.39 is 0 Å². The van der Waals surface area contributed by atoms with Crippen LogP contribution in [0.4, 0.5) is 0 Å². The van der Waals surface area contributed by atoms with Crippen LogP contribution in [0.25, 0.3) is 0 Å². The summed E-state index contributed by atoms with van der Waals surface area (Å²) in [5.41, 5.74) is 1.38. The minimum Gasteiger partial charge on any atom is -0.496 e. The van der Waals surface area contributed by atoms with Gasteiger partial charge in [0.25, 0.3) is 0 Å². The number of aryl methyl sites for hydroxylation is 2. The first-order chi connectivity index (χ1) is 8.67. The zero-order valence-corrected chi connectivity index (χ0v) is 12.9. The van der Waals surface area contributed by atoms with Gasteiger partial charge in [-0.3, -0.25) is 0 Å². The lowest BCUT2D eigenvalue weighted by Gasteiger charge is -2.18. The summed E-state index contributed by atoms with van der Waals surface area (Å²) in [6.07, 6.45) is 0. The highest BCUT2D eigenvalue weighted by Gasteiger charge is 2.21. The first-order valence-electron chi connectivity index (χ1n) is 6.09. The average Bonchev–Trinajstić information content (AvgIpc) is 2.92. The van der Waals surface area contributed by atoms with Gasteiger partial charge in [-0.15, -0.1) is 22.7 Å². The van der Waals surface area contributed by atoms with Gasteiger partial charge in [-0.25, -0.2) is 0 Å². The normalized spacial score (nSPS) is 12.7. The molecule has 0 aliphatic rings. The van der Waals surface area contributed by atoms with Crippen LogP contribution in [0, 0.1) is 13.8 Å². The number of nitrogens with one attached hydrogen (secondary N) is 1. The lowest BCUT2D eigenvalue weighted by Crippen LogP contribution is -2.21. The molecule has 1 N–H and O–H groups in total. The molecule has 2 aromatic rings. The van der Waals surface area contributed by atoms with Crippen molar-refractivity contribution in [1.82, 2.24) is 5.32 Å². The van der Waals surface area contributed by atoms with Crippen LogP contribution in [0.1, 0.15) is 33.2 Å². The monoisotopic (exact) mass is 281 g/mol. The Bertz CT molecular complexity index is 516. The van der Waals surface area contributed by atoms with E-state index in [2.05, 4.69) is 37.5 Å². The van der Waals surface area contributed by atoms with Crippen LogP contribution in [0.3, 0.4) is 0 Å².